The Hall–Kier alpha value is -0.910. The lowest BCUT2D eigenvalue weighted by Gasteiger charge is -2.23. The number of thioether (sulfide) groups is 1. The third kappa shape index (κ3) is 9.74. The number of hydrogen-bond acceptors (Lipinski definition) is 3. The van der Waals surface area contributed by atoms with Crippen LogP contribution in [0.4, 0.5) is 0 Å². The fourth-order valence-electron chi connectivity index (χ4n) is 2.67. The molecule has 0 radical (unpaired) electrons. The first-order chi connectivity index (χ1) is 11.1. The third-order valence-corrected chi connectivity index (χ3v) is 4.92. The van der Waals surface area contributed by atoms with Crippen LogP contribution in [0.15, 0.2) is 4.99 Å². The number of aliphatic imine (C=N–C) groups is 1. The number of rotatable bonds is 9. The monoisotopic (exact) mass is 342 g/mol. The van der Waals surface area contributed by atoms with Crippen molar-refractivity contribution in [3.05, 3.63) is 0 Å². The first-order valence-corrected chi connectivity index (χ1v) is 10.2. The van der Waals surface area contributed by atoms with Crippen LogP contribution in [-0.2, 0) is 4.79 Å². The molecule has 1 aliphatic carbocycles. The molecule has 0 saturated heterocycles. The van der Waals surface area contributed by atoms with Crippen molar-refractivity contribution in [3.63, 3.8) is 0 Å². The maximum absolute atomic E-state index is 11.7. The topological polar surface area (TPSA) is 56.7 Å². The highest BCUT2D eigenvalue weighted by Gasteiger charge is 2.14. The van der Waals surface area contributed by atoms with Gasteiger partial charge in [0.15, 0.2) is 5.96 Å². The van der Waals surface area contributed by atoms with Gasteiger partial charge < -0.3 is 15.5 Å². The predicted molar refractivity (Wildman–Crippen MR) is 101 cm³/mol. The maximum atomic E-state index is 11.7. The van der Waals surface area contributed by atoms with Crippen LogP contribution in [0.3, 0.4) is 0 Å². The van der Waals surface area contributed by atoms with Crippen molar-refractivity contribution in [1.29, 1.82) is 0 Å². The van der Waals surface area contributed by atoms with Gasteiger partial charge in [-0.3, -0.25) is 4.79 Å². The molecule has 0 bridgehead atoms. The Morgan fingerprint density at radius 2 is 1.91 bits per heavy atom. The van der Waals surface area contributed by atoms with E-state index in [1.807, 2.05) is 11.8 Å². The summed E-state index contributed by atoms with van der Waals surface area (Å²) in [6.45, 7) is 2.08. The van der Waals surface area contributed by atoms with Gasteiger partial charge in [-0.05, 0) is 43.6 Å². The largest absolute Gasteiger partial charge is 0.356 e. The molecule has 23 heavy (non-hydrogen) atoms. The molecule has 1 saturated carbocycles. The van der Waals surface area contributed by atoms with Crippen LogP contribution in [0.1, 0.15) is 44.9 Å². The van der Waals surface area contributed by atoms with Crippen LogP contribution >= 0.6 is 11.8 Å². The summed E-state index contributed by atoms with van der Waals surface area (Å²) >= 11 is 1.88. The summed E-state index contributed by atoms with van der Waals surface area (Å²) < 4.78 is 0. The Labute approximate surface area is 146 Å². The lowest BCUT2D eigenvalue weighted by molar-refractivity contribution is -0.127. The van der Waals surface area contributed by atoms with Crippen LogP contribution in [0, 0.1) is 5.92 Å². The number of carbonyl (C=O) groups excluding carboxylic acids is 1. The summed E-state index contributed by atoms with van der Waals surface area (Å²) in [7, 11) is 3.53. The van der Waals surface area contributed by atoms with Crippen LogP contribution in [0.2, 0.25) is 0 Å². The number of nitrogens with one attached hydrogen (secondary N) is 2. The Bertz CT molecular complexity index is 355. The van der Waals surface area contributed by atoms with Gasteiger partial charge in [-0.1, -0.05) is 19.3 Å². The van der Waals surface area contributed by atoms with E-state index in [2.05, 4.69) is 21.9 Å². The fraction of sp³-hybridized carbons (Fsp3) is 0.882. The number of unbranched alkanes of at least 4 members (excludes halogenated alkanes) is 1. The summed E-state index contributed by atoms with van der Waals surface area (Å²) in [6, 6.07) is 0. The van der Waals surface area contributed by atoms with Gasteiger partial charge in [-0.15, -0.1) is 0 Å². The van der Waals surface area contributed by atoms with E-state index < -0.39 is 0 Å². The molecule has 1 aliphatic rings. The molecule has 0 aromatic rings. The van der Waals surface area contributed by atoms with Gasteiger partial charge in [0.05, 0.1) is 0 Å². The molecule has 0 atom stereocenters. The van der Waals surface area contributed by atoms with Crippen LogP contribution < -0.4 is 10.6 Å². The average molecular weight is 343 g/mol. The Balaban J connectivity index is 2.39. The number of hydrogen-bond donors (Lipinski definition) is 2. The minimum absolute atomic E-state index is 0.0335. The standard InChI is InChI=1S/C17H34N4OS/c1-21(2)16(22)14-20-17(18-11-7-8-12-23-3)19-13-15-9-5-4-6-10-15/h15H,4-14H2,1-3H3,(H2,18,19,20). The molecule has 1 amide bonds. The minimum Gasteiger partial charge on any atom is -0.356 e. The average Bonchev–Trinajstić information content (AvgIpc) is 2.56. The van der Waals surface area contributed by atoms with Crippen LogP contribution in [0.5, 0.6) is 0 Å². The molecule has 5 nitrogen and oxygen atoms in total. The van der Waals surface area contributed by atoms with E-state index in [0.29, 0.717) is 0 Å². The van der Waals surface area contributed by atoms with E-state index in [1.165, 1.54) is 44.3 Å². The Kier molecular flexibility index (Phi) is 10.9. The van der Waals surface area contributed by atoms with Crippen molar-refractivity contribution in [1.82, 2.24) is 15.5 Å². The molecular weight excluding hydrogens is 308 g/mol. The zero-order valence-electron chi connectivity index (χ0n) is 15.1. The molecule has 6 heteroatoms. The lowest BCUT2D eigenvalue weighted by Crippen LogP contribution is -2.41. The first-order valence-electron chi connectivity index (χ1n) is 8.84. The Morgan fingerprint density at radius 1 is 1.17 bits per heavy atom. The maximum Gasteiger partial charge on any atom is 0.243 e. The van der Waals surface area contributed by atoms with Crippen molar-refractivity contribution >= 4 is 23.6 Å². The quantitative estimate of drug-likeness (QED) is 0.384. The molecule has 134 valence electrons. The first kappa shape index (κ1) is 20.1. The molecule has 2 N–H and O–H groups in total. The van der Waals surface area contributed by atoms with Gasteiger partial charge in [0.1, 0.15) is 6.54 Å². The van der Waals surface area contributed by atoms with Gasteiger partial charge >= 0.3 is 0 Å². The zero-order valence-corrected chi connectivity index (χ0v) is 15.9. The summed E-state index contributed by atoms with van der Waals surface area (Å²) in [5.74, 6) is 2.76. The molecule has 0 aromatic carbocycles. The molecule has 0 spiro atoms. The molecule has 0 aromatic heterocycles. The second-order valence-electron chi connectivity index (χ2n) is 6.46. The van der Waals surface area contributed by atoms with Gasteiger partial charge in [0.2, 0.25) is 5.91 Å². The molecule has 1 rings (SSSR count). The van der Waals surface area contributed by atoms with Crippen LogP contribution in [0.25, 0.3) is 0 Å². The summed E-state index contributed by atoms with van der Waals surface area (Å²) in [5.41, 5.74) is 0. The highest BCUT2D eigenvalue weighted by atomic mass is 32.2. The number of carbonyl (C=O) groups is 1. The van der Waals surface area contributed by atoms with Crippen molar-refractivity contribution in [2.75, 3.05) is 45.7 Å². The van der Waals surface area contributed by atoms with Gasteiger partial charge in [0, 0.05) is 27.2 Å². The summed E-state index contributed by atoms with van der Waals surface area (Å²) in [6.07, 6.45) is 11.2. The Morgan fingerprint density at radius 3 is 2.57 bits per heavy atom. The number of guanidine groups is 1. The number of nitrogens with zero attached hydrogens (tertiary/aromatic N) is 2. The van der Waals surface area contributed by atoms with E-state index >= 15 is 0 Å². The minimum atomic E-state index is 0.0335. The van der Waals surface area contributed by atoms with E-state index in [0.717, 1.165) is 31.4 Å². The smallest absolute Gasteiger partial charge is 0.243 e. The number of likely N-dealkylation sites (N-methyl/N-ethyl adjacent to an activating group) is 1. The third-order valence-electron chi connectivity index (χ3n) is 4.22. The fourth-order valence-corrected chi connectivity index (χ4v) is 3.17. The second-order valence-corrected chi connectivity index (χ2v) is 7.45. The number of amides is 1. The molecular formula is C17H34N4OS. The van der Waals surface area contributed by atoms with E-state index in [4.69, 9.17) is 0 Å². The lowest BCUT2D eigenvalue weighted by atomic mass is 9.89. The van der Waals surface area contributed by atoms with Crippen molar-refractivity contribution in [3.8, 4) is 0 Å². The molecule has 0 unspecified atom stereocenters. The van der Waals surface area contributed by atoms with Crippen molar-refractivity contribution < 1.29 is 4.79 Å². The van der Waals surface area contributed by atoms with E-state index in [1.54, 1.807) is 19.0 Å². The van der Waals surface area contributed by atoms with Crippen molar-refractivity contribution in [2.45, 2.75) is 44.9 Å². The van der Waals surface area contributed by atoms with Gasteiger partial charge in [0.25, 0.3) is 0 Å². The zero-order chi connectivity index (χ0) is 16.9. The molecule has 0 heterocycles. The van der Waals surface area contributed by atoms with Crippen molar-refractivity contribution in [2.24, 2.45) is 10.9 Å². The molecule has 0 aliphatic heterocycles. The van der Waals surface area contributed by atoms with Gasteiger partial charge in [-0.25, -0.2) is 4.99 Å². The highest BCUT2D eigenvalue weighted by Crippen LogP contribution is 2.22. The summed E-state index contributed by atoms with van der Waals surface area (Å²) in [5, 5.41) is 6.81. The van der Waals surface area contributed by atoms with E-state index in [9.17, 15) is 4.79 Å². The SMILES string of the molecule is CSCCCCNC(=NCC(=O)N(C)C)NCC1CCCCC1. The summed E-state index contributed by atoms with van der Waals surface area (Å²) in [4.78, 5) is 17.8. The predicted octanol–water partition coefficient (Wildman–Crippen LogP) is 2.33. The van der Waals surface area contributed by atoms with Crippen LogP contribution in [-0.4, -0.2) is 62.5 Å². The normalized spacial score (nSPS) is 16.2. The second kappa shape index (κ2) is 12.5. The highest BCUT2D eigenvalue weighted by molar-refractivity contribution is 7.98. The molecule has 1 fully saturated rings. The van der Waals surface area contributed by atoms with Gasteiger partial charge in [-0.2, -0.15) is 11.8 Å². The van der Waals surface area contributed by atoms with E-state index in [-0.39, 0.29) is 12.5 Å².